The summed E-state index contributed by atoms with van der Waals surface area (Å²) >= 11 is 0. The largest absolute Gasteiger partial charge is 0.507 e. The van der Waals surface area contributed by atoms with E-state index in [2.05, 4.69) is 6.07 Å². The molecule has 0 aliphatic rings. The maximum atomic E-state index is 11.0. The topological polar surface area (TPSA) is 116 Å². The summed E-state index contributed by atoms with van der Waals surface area (Å²) in [6.07, 6.45) is 1.61. The van der Waals surface area contributed by atoms with Gasteiger partial charge < -0.3 is 24.6 Å². The molecule has 0 saturated heterocycles. The zero-order chi connectivity index (χ0) is 18.0. The number of aromatic nitrogens is 1. The molecule has 0 saturated carbocycles. The molecule has 1 heterocycles. The predicted molar refractivity (Wildman–Crippen MR) is 89.2 cm³/mol. The highest BCUT2D eigenvalue weighted by Gasteiger charge is 2.14. The first-order valence-electron chi connectivity index (χ1n) is 7.40. The average Bonchev–Trinajstić information content (AvgIpc) is 2.97. The summed E-state index contributed by atoms with van der Waals surface area (Å²) in [6.45, 7) is 0.0262. The number of aliphatic hydroxyl groups is 1. The summed E-state index contributed by atoms with van der Waals surface area (Å²) in [4.78, 5) is 11.0. The monoisotopic (exact) mass is 338 g/mol. The van der Waals surface area contributed by atoms with E-state index in [0.29, 0.717) is 27.9 Å². The highest BCUT2D eigenvalue weighted by Crippen LogP contribution is 2.30. The van der Waals surface area contributed by atoms with Crippen LogP contribution in [0.5, 0.6) is 11.5 Å². The zero-order valence-corrected chi connectivity index (χ0v) is 13.0. The van der Waals surface area contributed by atoms with Gasteiger partial charge in [-0.15, -0.1) is 0 Å². The van der Waals surface area contributed by atoms with Gasteiger partial charge in [0.05, 0.1) is 17.7 Å². The van der Waals surface area contributed by atoms with Crippen LogP contribution >= 0.6 is 0 Å². The maximum Gasteiger partial charge on any atom is 0.339 e. The van der Waals surface area contributed by atoms with Gasteiger partial charge in [0.15, 0.2) is 0 Å². The Kier molecular flexibility index (Phi) is 4.29. The number of nitrogens with zero attached hydrogens (tertiary/aromatic N) is 2. The normalized spacial score (nSPS) is 10.6. The molecule has 7 nitrogen and oxygen atoms in total. The van der Waals surface area contributed by atoms with Gasteiger partial charge in [-0.2, -0.15) is 5.26 Å². The number of aliphatic hydroxyl groups excluding tert-OH is 1. The van der Waals surface area contributed by atoms with E-state index in [1.54, 1.807) is 35.0 Å². The highest BCUT2D eigenvalue weighted by atomic mass is 16.5. The van der Waals surface area contributed by atoms with Gasteiger partial charge >= 0.3 is 5.97 Å². The lowest BCUT2D eigenvalue weighted by molar-refractivity contribution is 0.0693. The van der Waals surface area contributed by atoms with Crippen molar-refractivity contribution >= 4 is 16.9 Å². The summed E-state index contributed by atoms with van der Waals surface area (Å²) in [5, 5.41) is 37.8. The minimum absolute atomic E-state index is 0.118. The molecule has 0 amide bonds. The quantitative estimate of drug-likeness (QED) is 0.657. The van der Waals surface area contributed by atoms with Gasteiger partial charge in [0.1, 0.15) is 29.7 Å². The first-order chi connectivity index (χ1) is 12.0. The van der Waals surface area contributed by atoms with Crippen LogP contribution in [0, 0.1) is 11.3 Å². The Morgan fingerprint density at radius 2 is 2.04 bits per heavy atom. The predicted octanol–water partition coefficient (Wildman–Crippen LogP) is 2.28. The van der Waals surface area contributed by atoms with E-state index in [4.69, 9.17) is 14.9 Å². The van der Waals surface area contributed by atoms with Crippen molar-refractivity contribution in [3.05, 3.63) is 53.7 Å². The van der Waals surface area contributed by atoms with Gasteiger partial charge in [-0.1, -0.05) is 0 Å². The van der Waals surface area contributed by atoms with Crippen molar-refractivity contribution in [2.75, 3.05) is 13.2 Å². The second-order valence-electron chi connectivity index (χ2n) is 5.28. The Morgan fingerprint density at radius 3 is 2.68 bits per heavy atom. The third-order valence-corrected chi connectivity index (χ3v) is 3.75. The lowest BCUT2D eigenvalue weighted by Crippen LogP contribution is -2.02. The summed E-state index contributed by atoms with van der Waals surface area (Å²) in [5.41, 5.74) is 1.40. The maximum absolute atomic E-state index is 11.0. The van der Waals surface area contributed by atoms with E-state index in [1.165, 1.54) is 12.1 Å². The van der Waals surface area contributed by atoms with Crippen molar-refractivity contribution in [3.63, 3.8) is 0 Å². The van der Waals surface area contributed by atoms with Crippen molar-refractivity contribution in [1.29, 1.82) is 5.26 Å². The number of benzene rings is 2. The molecule has 0 atom stereocenters. The number of carboxylic acids is 1. The van der Waals surface area contributed by atoms with E-state index < -0.39 is 5.97 Å². The van der Waals surface area contributed by atoms with E-state index in [0.717, 1.165) is 0 Å². The second-order valence-corrected chi connectivity index (χ2v) is 5.28. The van der Waals surface area contributed by atoms with Crippen molar-refractivity contribution in [2.45, 2.75) is 0 Å². The van der Waals surface area contributed by atoms with Crippen LogP contribution in [0.15, 0.2) is 42.6 Å². The summed E-state index contributed by atoms with van der Waals surface area (Å²) in [5.74, 6) is -1.06. The molecule has 0 unspecified atom stereocenters. The minimum Gasteiger partial charge on any atom is -0.507 e. The highest BCUT2D eigenvalue weighted by molar-refractivity contribution is 5.92. The number of aromatic carboxylic acids is 1. The van der Waals surface area contributed by atoms with Crippen LogP contribution in [-0.2, 0) is 0 Å². The van der Waals surface area contributed by atoms with Crippen LogP contribution in [0.25, 0.3) is 16.6 Å². The number of nitriles is 1. The number of carbonyl (C=O) groups is 1. The molecule has 1 aromatic heterocycles. The summed E-state index contributed by atoms with van der Waals surface area (Å²) < 4.78 is 7.07. The van der Waals surface area contributed by atoms with Crippen molar-refractivity contribution in [2.24, 2.45) is 0 Å². The van der Waals surface area contributed by atoms with E-state index in [1.807, 2.05) is 0 Å². The molecule has 3 N–H and O–H groups in total. The number of aromatic hydroxyl groups is 1. The number of carboxylic acid groups (broad SMARTS) is 1. The van der Waals surface area contributed by atoms with Gasteiger partial charge in [-0.3, -0.25) is 0 Å². The lowest BCUT2D eigenvalue weighted by Gasteiger charge is -2.09. The van der Waals surface area contributed by atoms with Gasteiger partial charge in [-0.05, 0) is 24.3 Å². The van der Waals surface area contributed by atoms with Crippen LogP contribution in [0.4, 0.5) is 0 Å². The number of hydrogen-bond acceptors (Lipinski definition) is 5. The molecule has 0 fully saturated rings. The van der Waals surface area contributed by atoms with Gasteiger partial charge in [0.2, 0.25) is 0 Å². The Bertz CT molecular complexity index is 1000. The van der Waals surface area contributed by atoms with Crippen LogP contribution in [0.2, 0.25) is 0 Å². The van der Waals surface area contributed by atoms with Crippen LogP contribution in [-0.4, -0.2) is 39.1 Å². The lowest BCUT2D eigenvalue weighted by atomic mass is 10.1. The Labute approximate surface area is 142 Å². The molecule has 3 rings (SSSR count). The SMILES string of the molecule is N#Cc1cn(-c2ccc(C(=O)O)c(O)c2)c2cc(OCCO)ccc12. The number of rotatable bonds is 5. The third-order valence-electron chi connectivity index (χ3n) is 3.75. The van der Waals surface area contributed by atoms with E-state index >= 15 is 0 Å². The molecule has 126 valence electrons. The van der Waals surface area contributed by atoms with Crippen molar-refractivity contribution in [1.82, 2.24) is 4.57 Å². The standard InChI is InChI=1S/C18H14N2O5/c19-9-11-10-20(12-1-3-15(18(23)24)17(22)7-12)16-8-13(25-6-5-21)2-4-14(11)16/h1-4,7-8,10,21-22H,5-6H2,(H,23,24). The molecule has 0 aliphatic carbocycles. The molecule has 7 heteroatoms. The molecule has 25 heavy (non-hydrogen) atoms. The second kappa shape index (κ2) is 6.55. The number of phenols is 1. The van der Waals surface area contributed by atoms with Gasteiger partial charge in [0, 0.05) is 29.4 Å². The third kappa shape index (κ3) is 2.98. The Morgan fingerprint density at radius 1 is 1.24 bits per heavy atom. The number of ether oxygens (including phenoxy) is 1. The zero-order valence-electron chi connectivity index (χ0n) is 13.0. The molecule has 3 aromatic rings. The molecule has 0 spiro atoms. The fourth-order valence-electron chi connectivity index (χ4n) is 2.61. The molecule has 0 aliphatic heterocycles. The molecule has 2 aromatic carbocycles. The van der Waals surface area contributed by atoms with Gasteiger partial charge in [-0.25, -0.2) is 4.79 Å². The first-order valence-corrected chi connectivity index (χ1v) is 7.40. The van der Waals surface area contributed by atoms with E-state index in [-0.39, 0.29) is 24.5 Å². The summed E-state index contributed by atoms with van der Waals surface area (Å²) in [6, 6.07) is 11.4. The molecular formula is C18H14N2O5. The smallest absolute Gasteiger partial charge is 0.339 e. The van der Waals surface area contributed by atoms with Crippen molar-refractivity contribution in [3.8, 4) is 23.3 Å². The van der Waals surface area contributed by atoms with Crippen LogP contribution in [0.1, 0.15) is 15.9 Å². The molecule has 0 bridgehead atoms. The summed E-state index contributed by atoms with van der Waals surface area (Å²) in [7, 11) is 0. The van der Waals surface area contributed by atoms with Gasteiger partial charge in [0.25, 0.3) is 0 Å². The van der Waals surface area contributed by atoms with Crippen LogP contribution in [0.3, 0.4) is 0 Å². The Hall–Kier alpha value is -3.50. The average molecular weight is 338 g/mol. The fraction of sp³-hybridized carbons (Fsp3) is 0.111. The van der Waals surface area contributed by atoms with Crippen LogP contribution < -0.4 is 4.74 Å². The van der Waals surface area contributed by atoms with E-state index in [9.17, 15) is 15.2 Å². The van der Waals surface area contributed by atoms with Crippen molar-refractivity contribution < 1.29 is 24.9 Å². The number of fused-ring (bicyclic) bond motifs is 1. The molecule has 0 radical (unpaired) electrons. The Balaban J connectivity index is 2.16. The first kappa shape index (κ1) is 16.4. The number of hydrogen-bond donors (Lipinski definition) is 3. The fourth-order valence-corrected chi connectivity index (χ4v) is 2.61. The molecular weight excluding hydrogens is 324 g/mol. The minimum atomic E-state index is -1.22.